The van der Waals surface area contributed by atoms with E-state index in [1.165, 1.54) is 11.1 Å². The van der Waals surface area contributed by atoms with Gasteiger partial charge in [-0.25, -0.2) is 0 Å². The molecule has 28 heavy (non-hydrogen) atoms. The number of hydrogen-bond acceptors (Lipinski definition) is 4. The molecule has 1 heterocycles. The van der Waals surface area contributed by atoms with E-state index in [1.54, 1.807) is 14.2 Å². The molecule has 1 aliphatic rings. The van der Waals surface area contributed by atoms with Crippen molar-refractivity contribution in [3.8, 4) is 11.5 Å². The van der Waals surface area contributed by atoms with Gasteiger partial charge in [0.25, 0.3) is 0 Å². The topological polar surface area (TPSA) is 42.0 Å². The van der Waals surface area contributed by atoms with Gasteiger partial charge in [-0.15, -0.1) is 0 Å². The molecule has 0 N–H and O–H groups in total. The van der Waals surface area contributed by atoms with Crippen molar-refractivity contribution >= 4 is 11.6 Å². The van der Waals surface area contributed by atoms with E-state index >= 15 is 0 Å². The molecule has 0 atom stereocenters. The van der Waals surface area contributed by atoms with E-state index in [4.69, 9.17) is 9.47 Å². The van der Waals surface area contributed by atoms with Gasteiger partial charge < -0.3 is 14.4 Å². The van der Waals surface area contributed by atoms with E-state index in [2.05, 4.69) is 30.9 Å². The fourth-order valence-electron chi connectivity index (χ4n) is 4.10. The van der Waals surface area contributed by atoms with E-state index in [9.17, 15) is 4.79 Å². The van der Waals surface area contributed by atoms with Crippen LogP contribution in [0.15, 0.2) is 30.3 Å². The number of nitrogens with zero attached hydrogens (tertiary/aromatic N) is 2. The van der Waals surface area contributed by atoms with Gasteiger partial charge in [0, 0.05) is 18.8 Å². The van der Waals surface area contributed by atoms with E-state index in [-0.39, 0.29) is 5.91 Å². The predicted molar refractivity (Wildman–Crippen MR) is 112 cm³/mol. The summed E-state index contributed by atoms with van der Waals surface area (Å²) in [5.41, 5.74) is 5.63. The van der Waals surface area contributed by atoms with Crippen LogP contribution in [0.4, 0.5) is 5.69 Å². The Hall–Kier alpha value is -2.53. The fraction of sp³-hybridized carbons (Fsp3) is 0.435. The zero-order valence-corrected chi connectivity index (χ0v) is 17.5. The van der Waals surface area contributed by atoms with Crippen molar-refractivity contribution in [2.45, 2.75) is 33.2 Å². The van der Waals surface area contributed by atoms with E-state index in [1.807, 2.05) is 30.1 Å². The summed E-state index contributed by atoms with van der Waals surface area (Å²) in [6.45, 7) is 5.99. The van der Waals surface area contributed by atoms with E-state index in [0.29, 0.717) is 6.54 Å². The van der Waals surface area contributed by atoms with Crippen molar-refractivity contribution in [3.05, 3.63) is 52.6 Å². The van der Waals surface area contributed by atoms with E-state index < -0.39 is 0 Å². The minimum Gasteiger partial charge on any atom is -0.497 e. The highest BCUT2D eigenvalue weighted by atomic mass is 16.5. The number of aryl methyl sites for hydroxylation is 3. The third kappa shape index (κ3) is 4.30. The highest BCUT2D eigenvalue weighted by molar-refractivity contribution is 5.96. The molecular formula is C23H30N2O3. The van der Waals surface area contributed by atoms with Gasteiger partial charge in [-0.05, 0) is 74.2 Å². The second-order valence-electron chi connectivity index (χ2n) is 7.58. The molecule has 0 aliphatic carbocycles. The van der Waals surface area contributed by atoms with Crippen LogP contribution in [-0.4, -0.2) is 45.2 Å². The Morgan fingerprint density at radius 3 is 2.46 bits per heavy atom. The second kappa shape index (κ2) is 8.65. The summed E-state index contributed by atoms with van der Waals surface area (Å²) >= 11 is 0. The summed E-state index contributed by atoms with van der Waals surface area (Å²) in [7, 11) is 5.36. The third-order valence-corrected chi connectivity index (χ3v) is 5.29. The molecule has 0 fully saturated rings. The summed E-state index contributed by atoms with van der Waals surface area (Å²) in [6.07, 6.45) is 1.96. The molecule has 0 bridgehead atoms. The number of methoxy groups -OCH3 is 2. The number of amides is 1. The van der Waals surface area contributed by atoms with Gasteiger partial charge in [0.1, 0.15) is 11.5 Å². The normalized spacial score (nSPS) is 13.4. The molecule has 2 aromatic rings. The standard InChI is InChI=1S/C23H30N2O3/c1-16-11-18(12-17(2)23(16)28-5)14-24(3)15-22(26)25-10-6-7-19-13-20(27-4)8-9-21(19)25/h8-9,11-13H,6-7,10,14-15H2,1-5H3. The molecule has 0 unspecified atom stereocenters. The number of carbonyl (C=O) groups is 1. The molecule has 0 spiro atoms. The van der Waals surface area contributed by atoms with Crippen LogP contribution in [0.3, 0.4) is 0 Å². The van der Waals surface area contributed by atoms with Crippen molar-refractivity contribution < 1.29 is 14.3 Å². The number of fused-ring (bicyclic) bond motifs is 1. The zero-order chi connectivity index (χ0) is 20.3. The Kier molecular flexibility index (Phi) is 6.25. The Labute approximate surface area is 167 Å². The first kappa shape index (κ1) is 20.2. The number of likely N-dealkylation sites (N-methyl/N-ethyl adjacent to an activating group) is 1. The summed E-state index contributed by atoms with van der Waals surface area (Å²) < 4.78 is 10.8. The Balaban J connectivity index is 1.69. The third-order valence-electron chi connectivity index (χ3n) is 5.29. The lowest BCUT2D eigenvalue weighted by molar-refractivity contribution is -0.119. The molecule has 150 valence electrons. The van der Waals surface area contributed by atoms with Crippen LogP contribution < -0.4 is 14.4 Å². The molecule has 0 saturated carbocycles. The van der Waals surface area contributed by atoms with Crippen LogP contribution in [0.2, 0.25) is 0 Å². The number of hydrogen-bond donors (Lipinski definition) is 0. The Morgan fingerprint density at radius 1 is 1.11 bits per heavy atom. The van der Waals surface area contributed by atoms with Gasteiger partial charge in [0.2, 0.25) is 5.91 Å². The minimum absolute atomic E-state index is 0.135. The number of carbonyl (C=O) groups excluding carboxylic acids is 1. The predicted octanol–water partition coefficient (Wildman–Crippen LogP) is 3.73. The van der Waals surface area contributed by atoms with Crippen LogP contribution in [0.5, 0.6) is 11.5 Å². The average molecular weight is 383 g/mol. The van der Waals surface area contributed by atoms with Gasteiger partial charge >= 0.3 is 0 Å². The van der Waals surface area contributed by atoms with Crippen LogP contribution >= 0.6 is 0 Å². The molecule has 2 aromatic carbocycles. The number of rotatable bonds is 6. The van der Waals surface area contributed by atoms with Crippen molar-refractivity contribution in [2.24, 2.45) is 0 Å². The first-order valence-corrected chi connectivity index (χ1v) is 9.73. The molecule has 5 nitrogen and oxygen atoms in total. The van der Waals surface area contributed by atoms with Crippen LogP contribution in [0, 0.1) is 13.8 Å². The molecular weight excluding hydrogens is 352 g/mol. The lowest BCUT2D eigenvalue weighted by Gasteiger charge is -2.31. The SMILES string of the molecule is COc1ccc2c(c1)CCCN2C(=O)CN(C)Cc1cc(C)c(OC)c(C)c1. The van der Waals surface area contributed by atoms with E-state index in [0.717, 1.165) is 54.2 Å². The highest BCUT2D eigenvalue weighted by Crippen LogP contribution is 2.31. The minimum atomic E-state index is 0.135. The maximum Gasteiger partial charge on any atom is 0.241 e. The molecule has 1 aliphatic heterocycles. The maximum atomic E-state index is 13.0. The lowest BCUT2D eigenvalue weighted by Crippen LogP contribution is -2.41. The Morgan fingerprint density at radius 2 is 1.82 bits per heavy atom. The number of benzene rings is 2. The van der Waals surface area contributed by atoms with Crippen molar-refractivity contribution in [1.29, 1.82) is 0 Å². The molecule has 3 rings (SSSR count). The summed E-state index contributed by atoms with van der Waals surface area (Å²) in [6, 6.07) is 10.2. The van der Waals surface area contributed by atoms with Gasteiger partial charge in [-0.3, -0.25) is 9.69 Å². The smallest absolute Gasteiger partial charge is 0.241 e. The first-order chi connectivity index (χ1) is 13.4. The molecule has 1 amide bonds. The molecule has 0 saturated heterocycles. The molecule has 5 heteroatoms. The summed E-state index contributed by atoms with van der Waals surface area (Å²) in [5, 5.41) is 0. The van der Waals surface area contributed by atoms with Crippen molar-refractivity contribution in [2.75, 3.05) is 39.3 Å². The fourth-order valence-corrected chi connectivity index (χ4v) is 4.10. The zero-order valence-electron chi connectivity index (χ0n) is 17.5. The number of anilines is 1. The van der Waals surface area contributed by atoms with Crippen molar-refractivity contribution in [1.82, 2.24) is 4.90 Å². The highest BCUT2D eigenvalue weighted by Gasteiger charge is 2.23. The first-order valence-electron chi connectivity index (χ1n) is 9.73. The van der Waals surface area contributed by atoms with Crippen molar-refractivity contribution in [3.63, 3.8) is 0 Å². The van der Waals surface area contributed by atoms with Crippen LogP contribution in [0.1, 0.15) is 28.7 Å². The summed E-state index contributed by atoms with van der Waals surface area (Å²) in [5.74, 6) is 1.91. The largest absolute Gasteiger partial charge is 0.497 e. The van der Waals surface area contributed by atoms with Gasteiger partial charge in [0.05, 0.1) is 20.8 Å². The monoisotopic (exact) mass is 382 g/mol. The van der Waals surface area contributed by atoms with Gasteiger partial charge in [-0.1, -0.05) is 12.1 Å². The maximum absolute atomic E-state index is 13.0. The number of ether oxygens (including phenoxy) is 2. The second-order valence-corrected chi connectivity index (χ2v) is 7.58. The van der Waals surface area contributed by atoms with Gasteiger partial charge in [-0.2, -0.15) is 0 Å². The quantitative estimate of drug-likeness (QED) is 0.763. The Bertz CT molecular complexity index is 840. The van der Waals surface area contributed by atoms with Crippen LogP contribution in [0.25, 0.3) is 0 Å². The van der Waals surface area contributed by atoms with Crippen LogP contribution in [-0.2, 0) is 17.8 Å². The molecule has 0 aromatic heterocycles. The molecule has 0 radical (unpaired) electrons. The lowest BCUT2D eigenvalue weighted by atomic mass is 10.0. The summed E-state index contributed by atoms with van der Waals surface area (Å²) in [4.78, 5) is 17.0. The van der Waals surface area contributed by atoms with Gasteiger partial charge in [0.15, 0.2) is 0 Å². The average Bonchev–Trinajstić information content (AvgIpc) is 2.66.